The second-order valence-corrected chi connectivity index (χ2v) is 11.6. The molecule has 6 N–H and O–H groups in total. The minimum atomic E-state index is -4.44. The van der Waals surface area contributed by atoms with E-state index in [0.717, 1.165) is 0 Å². The molecule has 0 radical (unpaired) electrons. The first-order valence-corrected chi connectivity index (χ1v) is 13.4. The van der Waals surface area contributed by atoms with Gasteiger partial charge in [0, 0.05) is 29.2 Å². The van der Waals surface area contributed by atoms with E-state index in [0.29, 0.717) is 6.42 Å². The van der Waals surface area contributed by atoms with E-state index in [1.54, 1.807) is 0 Å². The maximum atomic E-state index is 13.9. The molecule has 0 aromatic heterocycles. The van der Waals surface area contributed by atoms with Gasteiger partial charge in [-0.15, -0.1) is 0 Å². The summed E-state index contributed by atoms with van der Waals surface area (Å²) in [5, 5.41) is 44.9. The van der Waals surface area contributed by atoms with Crippen LogP contribution in [-0.4, -0.2) is 99.3 Å². The van der Waals surface area contributed by atoms with Crippen molar-refractivity contribution in [2.75, 3.05) is 27.7 Å². The Hall–Kier alpha value is -3.62. The van der Waals surface area contributed by atoms with Crippen LogP contribution >= 0.6 is 0 Å². The average Bonchev–Trinajstić information content (AvgIpc) is 3.35. The number of hydrogen-bond acceptors (Lipinski definition) is 10. The zero-order valence-corrected chi connectivity index (χ0v) is 23.2. The number of aromatic hydroxyl groups is 1. The van der Waals surface area contributed by atoms with Crippen molar-refractivity contribution in [2.24, 2.45) is 17.6 Å². The Kier molecular flexibility index (Phi) is 7.10. The number of nitrogens with two attached hydrogens (primary N) is 1. The van der Waals surface area contributed by atoms with Crippen molar-refractivity contribution in [2.45, 2.75) is 56.1 Å². The molecule has 1 saturated heterocycles. The number of ketones is 2. The number of aliphatic hydroxyl groups is 3. The summed E-state index contributed by atoms with van der Waals surface area (Å²) in [6.07, 6.45) is -4.32. The van der Waals surface area contributed by atoms with Crippen LogP contribution in [-0.2, 0) is 27.3 Å². The van der Waals surface area contributed by atoms with Gasteiger partial charge in [0.1, 0.15) is 34.6 Å². The molecule has 11 nitrogen and oxygen atoms in total. The number of rotatable bonds is 5. The monoisotopic (exact) mass is 595 g/mol. The van der Waals surface area contributed by atoms with E-state index in [-0.39, 0.29) is 60.4 Å². The Morgan fingerprint density at radius 1 is 1.24 bits per heavy atom. The molecule has 14 heteroatoms. The van der Waals surface area contributed by atoms with Gasteiger partial charge in [0.25, 0.3) is 5.91 Å². The predicted molar refractivity (Wildman–Crippen MR) is 140 cm³/mol. The standard InChI is InChI=1S/C28H32F3N3O8/c1-33(2)20-14-8-11-7-13-18(21(36)17(11)24(38)27(14,41)25(39)19(22(20)37)26(32)40)15(35)9-12(23(13)42-3)10-34-6-4-5-16(34)28(29,30)31/h9,11,14,16,20,35-36,39,41H,4-8,10H2,1-3H3,(H2,32,40)/t11-,14-,16-,20-,27-/m0/s1. The van der Waals surface area contributed by atoms with Gasteiger partial charge in [0.15, 0.2) is 11.4 Å². The minimum Gasteiger partial charge on any atom is -0.508 e. The Labute approximate surface area is 238 Å². The first kappa shape index (κ1) is 29.9. The first-order valence-electron chi connectivity index (χ1n) is 13.4. The van der Waals surface area contributed by atoms with Gasteiger partial charge in [-0.1, -0.05) is 0 Å². The van der Waals surface area contributed by atoms with Crippen molar-refractivity contribution in [3.05, 3.63) is 39.7 Å². The van der Waals surface area contributed by atoms with Crippen LogP contribution in [0.4, 0.5) is 13.2 Å². The second-order valence-electron chi connectivity index (χ2n) is 11.6. The molecule has 4 aliphatic rings. The molecule has 0 spiro atoms. The molecular formula is C28H32F3N3O8. The summed E-state index contributed by atoms with van der Waals surface area (Å²) in [7, 11) is 4.29. The van der Waals surface area contributed by atoms with Crippen LogP contribution < -0.4 is 10.5 Å². The van der Waals surface area contributed by atoms with E-state index in [4.69, 9.17) is 10.5 Å². The Morgan fingerprint density at radius 3 is 2.48 bits per heavy atom. The second kappa shape index (κ2) is 9.99. The number of primary amides is 1. The fourth-order valence-electron chi connectivity index (χ4n) is 7.33. The van der Waals surface area contributed by atoms with Crippen LogP contribution in [0.2, 0.25) is 0 Å². The molecule has 1 aromatic rings. The fourth-order valence-corrected chi connectivity index (χ4v) is 7.33. The number of phenolic OH excluding ortho intramolecular Hbond substituents is 1. The number of fused-ring (bicyclic) bond motifs is 3. The number of amides is 1. The van der Waals surface area contributed by atoms with Gasteiger partial charge < -0.3 is 30.9 Å². The number of likely N-dealkylation sites (tertiary alicyclic amines) is 1. The van der Waals surface area contributed by atoms with E-state index in [2.05, 4.69) is 0 Å². The number of ether oxygens (including phenoxy) is 1. The number of phenols is 1. The van der Waals surface area contributed by atoms with Gasteiger partial charge in [-0.2, -0.15) is 13.2 Å². The number of benzene rings is 1. The highest BCUT2D eigenvalue weighted by molar-refractivity contribution is 6.24. The number of carbonyl (C=O) groups is 3. The van der Waals surface area contributed by atoms with Crippen molar-refractivity contribution >= 4 is 23.2 Å². The smallest absolute Gasteiger partial charge is 0.404 e. The third-order valence-electron chi connectivity index (χ3n) is 9.07. The molecule has 3 aliphatic carbocycles. The molecule has 1 heterocycles. The lowest BCUT2D eigenvalue weighted by molar-refractivity contribution is -0.177. The Bertz CT molecular complexity index is 1450. The van der Waals surface area contributed by atoms with Gasteiger partial charge in [-0.05, 0) is 58.3 Å². The summed E-state index contributed by atoms with van der Waals surface area (Å²) in [6.45, 7) is -0.00855. The molecule has 0 bridgehead atoms. The van der Waals surface area contributed by atoms with E-state index in [9.17, 15) is 48.0 Å². The van der Waals surface area contributed by atoms with Crippen LogP contribution in [0.5, 0.6) is 11.5 Å². The first-order chi connectivity index (χ1) is 19.5. The van der Waals surface area contributed by atoms with Crippen molar-refractivity contribution < 1.29 is 52.7 Å². The average molecular weight is 596 g/mol. The van der Waals surface area contributed by atoms with E-state index < -0.39 is 76.0 Å². The van der Waals surface area contributed by atoms with Crippen LogP contribution in [0.3, 0.4) is 0 Å². The predicted octanol–water partition coefficient (Wildman–Crippen LogP) is 1.50. The largest absolute Gasteiger partial charge is 0.508 e. The number of methoxy groups -OCH3 is 1. The van der Waals surface area contributed by atoms with Crippen LogP contribution in [0.1, 0.15) is 36.0 Å². The van der Waals surface area contributed by atoms with Crippen LogP contribution in [0.15, 0.2) is 23.0 Å². The molecule has 1 amide bonds. The van der Waals surface area contributed by atoms with Crippen molar-refractivity contribution in [1.82, 2.24) is 9.80 Å². The molecule has 1 saturated carbocycles. The van der Waals surface area contributed by atoms with Crippen LogP contribution in [0.25, 0.3) is 5.76 Å². The molecule has 228 valence electrons. The van der Waals surface area contributed by atoms with E-state index in [1.807, 2.05) is 0 Å². The molecule has 5 atom stereocenters. The highest BCUT2D eigenvalue weighted by Gasteiger charge is 2.64. The number of likely N-dealkylation sites (N-methyl/N-ethyl adjacent to an activating group) is 1. The number of hydrogen-bond donors (Lipinski definition) is 5. The van der Waals surface area contributed by atoms with Crippen molar-refractivity contribution in [3.8, 4) is 11.5 Å². The third kappa shape index (κ3) is 4.18. The number of Topliss-reactive ketones (excluding diaryl/α,β-unsaturated/α-hetero) is 2. The summed E-state index contributed by atoms with van der Waals surface area (Å²) in [5.74, 6) is -7.74. The topological polar surface area (TPSA) is 174 Å². The maximum Gasteiger partial charge on any atom is 0.404 e. The molecule has 42 heavy (non-hydrogen) atoms. The third-order valence-corrected chi connectivity index (χ3v) is 9.07. The summed E-state index contributed by atoms with van der Waals surface area (Å²) < 4.78 is 46.4. The zero-order chi connectivity index (χ0) is 31.0. The molecule has 5 rings (SSSR count). The molecule has 1 aliphatic heterocycles. The lowest BCUT2D eigenvalue weighted by atomic mass is 9.57. The number of alkyl halides is 3. The van der Waals surface area contributed by atoms with Gasteiger partial charge >= 0.3 is 6.18 Å². The SMILES string of the molecule is COc1c(CN2CCC[C@H]2C(F)(F)F)cc(O)c2c1C[C@H]1C[C@H]3[C@H](N(C)C)C(=O)C(C(N)=O)=C(O)[C@@]3(O)C(=O)C1=C2O. The Morgan fingerprint density at radius 2 is 1.90 bits per heavy atom. The summed E-state index contributed by atoms with van der Waals surface area (Å²) in [6, 6.07) is -1.72. The summed E-state index contributed by atoms with van der Waals surface area (Å²) in [4.78, 5) is 41.9. The van der Waals surface area contributed by atoms with E-state index in [1.165, 1.54) is 37.1 Å². The number of carbonyl (C=O) groups excluding carboxylic acids is 3. The van der Waals surface area contributed by atoms with Gasteiger partial charge in [-0.25, -0.2) is 0 Å². The number of aliphatic hydroxyl groups excluding tert-OH is 2. The fraction of sp³-hybridized carbons (Fsp3) is 0.536. The van der Waals surface area contributed by atoms with Gasteiger partial charge in [0.2, 0.25) is 5.78 Å². The van der Waals surface area contributed by atoms with E-state index >= 15 is 0 Å². The molecular weight excluding hydrogens is 563 g/mol. The molecule has 1 aromatic carbocycles. The summed E-state index contributed by atoms with van der Waals surface area (Å²) >= 11 is 0. The number of halogens is 3. The Balaban J connectivity index is 1.64. The normalized spacial score (nSPS) is 30.0. The summed E-state index contributed by atoms with van der Waals surface area (Å²) in [5.41, 5.74) is 1.62. The van der Waals surface area contributed by atoms with Gasteiger partial charge in [0.05, 0.1) is 18.7 Å². The lowest BCUT2D eigenvalue weighted by Gasteiger charge is -2.50. The van der Waals surface area contributed by atoms with Crippen LogP contribution in [0, 0.1) is 11.8 Å². The highest BCUT2D eigenvalue weighted by Crippen LogP contribution is 2.54. The number of nitrogens with zero attached hydrogens (tertiary/aromatic N) is 2. The quantitative estimate of drug-likeness (QED) is 0.314. The highest BCUT2D eigenvalue weighted by atomic mass is 19.4. The minimum absolute atomic E-state index is 0.0399. The lowest BCUT2D eigenvalue weighted by Crippen LogP contribution is -2.65. The van der Waals surface area contributed by atoms with Crippen molar-refractivity contribution in [3.63, 3.8) is 0 Å². The maximum absolute atomic E-state index is 13.9. The van der Waals surface area contributed by atoms with Crippen molar-refractivity contribution in [1.29, 1.82) is 0 Å². The van der Waals surface area contributed by atoms with Gasteiger partial charge in [-0.3, -0.25) is 24.2 Å². The molecule has 0 unspecified atom stereocenters. The molecule has 2 fully saturated rings. The zero-order valence-electron chi connectivity index (χ0n) is 23.2.